The summed E-state index contributed by atoms with van der Waals surface area (Å²) in [7, 11) is 0. The van der Waals surface area contributed by atoms with Gasteiger partial charge in [-0.2, -0.15) is 0 Å². The third-order valence-electron chi connectivity index (χ3n) is 2.85. The van der Waals surface area contributed by atoms with Crippen LogP contribution in [0.5, 0.6) is 0 Å². The van der Waals surface area contributed by atoms with Crippen LogP contribution in [0.4, 0.5) is 0 Å². The predicted octanol–water partition coefficient (Wildman–Crippen LogP) is 4.43. The molecule has 0 aliphatic heterocycles. The zero-order chi connectivity index (χ0) is 13.5. The summed E-state index contributed by atoms with van der Waals surface area (Å²) in [6.07, 6.45) is 1.76. The number of benzene rings is 1. The normalized spacial score (nSPS) is 11.8. The number of carbonyl (C=O) groups excluding carboxylic acids is 1. The molecular weight excluding hydrogens is 246 g/mol. The van der Waals surface area contributed by atoms with Gasteiger partial charge in [0.1, 0.15) is 0 Å². The lowest BCUT2D eigenvalue weighted by molar-refractivity contribution is 0.0860. The zero-order valence-electron chi connectivity index (χ0n) is 11.0. The number of aryl methyl sites for hydroxylation is 1. The first-order chi connectivity index (χ1) is 8.30. The molecule has 2 aromatic rings. The monoisotopic (exact) mass is 261 g/mol. The summed E-state index contributed by atoms with van der Waals surface area (Å²) in [6, 6.07) is 5.68. The molecule has 18 heavy (non-hydrogen) atoms. The molecule has 0 fully saturated rings. The highest BCUT2D eigenvalue weighted by atomic mass is 35.5. The van der Waals surface area contributed by atoms with Crippen LogP contribution in [0.1, 0.15) is 36.7 Å². The summed E-state index contributed by atoms with van der Waals surface area (Å²) in [4.78, 5) is 16.8. The second kappa shape index (κ2) is 4.36. The van der Waals surface area contributed by atoms with Crippen LogP contribution in [0.15, 0.2) is 24.4 Å². The molecule has 0 aliphatic rings. The number of halogens is 1. The van der Waals surface area contributed by atoms with Gasteiger partial charge in [-0.05, 0) is 24.6 Å². The first-order valence-corrected chi connectivity index (χ1v) is 6.28. The highest BCUT2D eigenvalue weighted by molar-refractivity contribution is 6.36. The van der Waals surface area contributed by atoms with E-state index in [0.29, 0.717) is 16.1 Å². The average molecular weight is 262 g/mol. The smallest absolute Gasteiger partial charge is 0.171 e. The number of pyridine rings is 1. The van der Waals surface area contributed by atoms with Crippen LogP contribution in [0, 0.1) is 12.3 Å². The third-order valence-corrected chi connectivity index (χ3v) is 3.16. The third kappa shape index (κ3) is 2.25. The SMILES string of the molecule is Cc1cnc2c(C(=O)C(C)(C)C)c(Cl)ccc2c1. The number of ketones is 1. The van der Waals surface area contributed by atoms with Crippen LogP contribution < -0.4 is 0 Å². The van der Waals surface area contributed by atoms with E-state index in [1.807, 2.05) is 39.8 Å². The molecule has 94 valence electrons. The molecule has 0 saturated carbocycles. The Labute approximate surface area is 112 Å². The summed E-state index contributed by atoms with van der Waals surface area (Å²) in [6.45, 7) is 7.64. The number of aromatic nitrogens is 1. The van der Waals surface area contributed by atoms with Crippen molar-refractivity contribution < 1.29 is 4.79 Å². The summed E-state index contributed by atoms with van der Waals surface area (Å²) in [5.41, 5.74) is 1.82. The highest BCUT2D eigenvalue weighted by Gasteiger charge is 2.27. The van der Waals surface area contributed by atoms with E-state index < -0.39 is 5.41 Å². The van der Waals surface area contributed by atoms with Gasteiger partial charge in [0.05, 0.1) is 16.1 Å². The first-order valence-electron chi connectivity index (χ1n) is 5.90. The molecule has 0 radical (unpaired) electrons. The van der Waals surface area contributed by atoms with Gasteiger partial charge in [-0.3, -0.25) is 9.78 Å². The Morgan fingerprint density at radius 1 is 1.28 bits per heavy atom. The minimum atomic E-state index is -0.468. The first kappa shape index (κ1) is 13.0. The number of Topliss-reactive ketones (excluding diaryl/α,β-unsaturated/α-hetero) is 1. The van der Waals surface area contributed by atoms with Gasteiger partial charge in [-0.25, -0.2) is 0 Å². The van der Waals surface area contributed by atoms with Crippen molar-refractivity contribution >= 4 is 28.3 Å². The van der Waals surface area contributed by atoms with Crippen LogP contribution in [-0.4, -0.2) is 10.8 Å². The lowest BCUT2D eigenvalue weighted by Crippen LogP contribution is -2.21. The highest BCUT2D eigenvalue weighted by Crippen LogP contribution is 2.31. The van der Waals surface area contributed by atoms with Gasteiger partial charge < -0.3 is 0 Å². The molecular formula is C15H16ClNO. The van der Waals surface area contributed by atoms with E-state index in [1.165, 1.54) is 0 Å². The van der Waals surface area contributed by atoms with E-state index in [-0.39, 0.29) is 5.78 Å². The van der Waals surface area contributed by atoms with Crippen molar-refractivity contribution in [2.24, 2.45) is 5.41 Å². The largest absolute Gasteiger partial charge is 0.293 e. The minimum Gasteiger partial charge on any atom is -0.293 e. The van der Waals surface area contributed by atoms with Gasteiger partial charge in [-0.1, -0.05) is 38.4 Å². The van der Waals surface area contributed by atoms with Gasteiger partial charge >= 0.3 is 0 Å². The van der Waals surface area contributed by atoms with Crippen LogP contribution in [0.25, 0.3) is 10.9 Å². The Kier molecular flexibility index (Phi) is 3.16. The molecule has 0 saturated heterocycles. The predicted molar refractivity (Wildman–Crippen MR) is 75.3 cm³/mol. The van der Waals surface area contributed by atoms with Crippen molar-refractivity contribution in [2.45, 2.75) is 27.7 Å². The van der Waals surface area contributed by atoms with Crippen molar-refractivity contribution in [3.8, 4) is 0 Å². The number of nitrogens with zero attached hydrogens (tertiary/aromatic N) is 1. The molecule has 1 aromatic heterocycles. The number of carbonyl (C=O) groups is 1. The van der Waals surface area contributed by atoms with Gasteiger partial charge in [0.25, 0.3) is 0 Å². The van der Waals surface area contributed by atoms with Crippen LogP contribution in [0.2, 0.25) is 5.02 Å². The molecule has 2 rings (SSSR count). The maximum atomic E-state index is 12.5. The molecule has 0 amide bonds. The summed E-state index contributed by atoms with van der Waals surface area (Å²) >= 11 is 6.18. The lowest BCUT2D eigenvalue weighted by atomic mass is 9.85. The Morgan fingerprint density at radius 3 is 2.56 bits per heavy atom. The van der Waals surface area contributed by atoms with Crippen LogP contribution in [0.3, 0.4) is 0 Å². The van der Waals surface area contributed by atoms with Crippen molar-refractivity contribution in [2.75, 3.05) is 0 Å². The summed E-state index contributed by atoms with van der Waals surface area (Å²) in [5.74, 6) is 0.0226. The molecule has 2 nitrogen and oxygen atoms in total. The molecule has 0 N–H and O–H groups in total. The molecule has 0 spiro atoms. The summed E-state index contributed by atoms with van der Waals surface area (Å²) in [5, 5.41) is 1.42. The maximum Gasteiger partial charge on any atom is 0.171 e. The van der Waals surface area contributed by atoms with Gasteiger partial charge in [-0.15, -0.1) is 0 Å². The molecule has 1 aromatic carbocycles. The van der Waals surface area contributed by atoms with Gasteiger partial charge in [0.15, 0.2) is 5.78 Å². The maximum absolute atomic E-state index is 12.5. The van der Waals surface area contributed by atoms with E-state index in [9.17, 15) is 4.79 Å². The Bertz CT molecular complexity index is 626. The quantitative estimate of drug-likeness (QED) is 0.711. The summed E-state index contributed by atoms with van der Waals surface area (Å²) < 4.78 is 0. The number of rotatable bonds is 1. The standard InChI is InChI=1S/C15H16ClNO/c1-9-7-10-5-6-11(16)12(13(10)17-8-9)14(18)15(2,3)4/h5-8H,1-4H3. The fourth-order valence-electron chi connectivity index (χ4n) is 1.88. The Morgan fingerprint density at radius 2 is 1.94 bits per heavy atom. The second-order valence-corrected chi connectivity index (χ2v) is 5.99. The number of hydrogen-bond donors (Lipinski definition) is 0. The average Bonchev–Trinajstić information content (AvgIpc) is 2.27. The van der Waals surface area contributed by atoms with Gasteiger partial charge in [0.2, 0.25) is 0 Å². The second-order valence-electron chi connectivity index (χ2n) is 5.59. The fourth-order valence-corrected chi connectivity index (χ4v) is 2.12. The molecule has 0 atom stereocenters. The van der Waals surface area contributed by atoms with E-state index in [2.05, 4.69) is 4.98 Å². The van der Waals surface area contributed by atoms with Crippen molar-refractivity contribution in [1.82, 2.24) is 4.98 Å². The van der Waals surface area contributed by atoms with Crippen molar-refractivity contribution in [3.63, 3.8) is 0 Å². The van der Waals surface area contributed by atoms with Crippen LogP contribution in [-0.2, 0) is 0 Å². The molecule has 0 unspecified atom stereocenters. The fraction of sp³-hybridized carbons (Fsp3) is 0.333. The zero-order valence-corrected chi connectivity index (χ0v) is 11.8. The van der Waals surface area contributed by atoms with Gasteiger partial charge in [0, 0.05) is 17.0 Å². The molecule has 3 heteroatoms. The van der Waals surface area contributed by atoms with E-state index in [4.69, 9.17) is 11.6 Å². The molecule has 0 aliphatic carbocycles. The number of hydrogen-bond acceptors (Lipinski definition) is 2. The minimum absolute atomic E-state index is 0.0226. The Hall–Kier alpha value is -1.41. The van der Waals surface area contributed by atoms with E-state index in [0.717, 1.165) is 10.9 Å². The van der Waals surface area contributed by atoms with Crippen molar-refractivity contribution in [3.05, 3.63) is 40.5 Å². The topological polar surface area (TPSA) is 30.0 Å². The van der Waals surface area contributed by atoms with E-state index >= 15 is 0 Å². The molecule has 1 heterocycles. The lowest BCUT2D eigenvalue weighted by Gasteiger charge is -2.18. The Balaban J connectivity index is 2.77. The van der Waals surface area contributed by atoms with E-state index in [1.54, 1.807) is 12.3 Å². The van der Waals surface area contributed by atoms with Crippen molar-refractivity contribution in [1.29, 1.82) is 0 Å². The van der Waals surface area contributed by atoms with Crippen LogP contribution >= 0.6 is 11.6 Å². The molecule has 0 bridgehead atoms. The number of fused-ring (bicyclic) bond motifs is 1.